The molecule has 0 radical (unpaired) electrons. The second-order valence-corrected chi connectivity index (χ2v) is 10.2. The number of ether oxygens (including phenoxy) is 2. The number of amides is 2. The van der Waals surface area contributed by atoms with E-state index in [0.717, 1.165) is 31.0 Å². The van der Waals surface area contributed by atoms with Crippen LogP contribution >= 0.6 is 0 Å². The second kappa shape index (κ2) is 12.7. The monoisotopic (exact) mass is 579 g/mol. The number of halogens is 3. The first-order chi connectivity index (χ1) is 19.5. The van der Waals surface area contributed by atoms with Crippen molar-refractivity contribution >= 4 is 35.0 Å². The molecule has 1 aliphatic carbocycles. The number of methoxy groups -OCH3 is 1. The predicted molar refractivity (Wildman–Crippen MR) is 143 cm³/mol. The number of hydrogen-bond donors (Lipinski definition) is 4. The van der Waals surface area contributed by atoms with Crippen LogP contribution in [-0.2, 0) is 20.7 Å². The zero-order chi connectivity index (χ0) is 29.8. The van der Waals surface area contributed by atoms with E-state index in [-0.39, 0.29) is 29.7 Å². The van der Waals surface area contributed by atoms with Gasteiger partial charge in [0.25, 0.3) is 5.91 Å². The third kappa shape index (κ3) is 6.67. The van der Waals surface area contributed by atoms with Gasteiger partial charge in [-0.1, -0.05) is 6.42 Å². The Morgan fingerprint density at radius 3 is 2.56 bits per heavy atom. The molecule has 41 heavy (non-hydrogen) atoms. The van der Waals surface area contributed by atoms with Crippen molar-refractivity contribution in [3.8, 4) is 5.75 Å². The van der Waals surface area contributed by atoms with E-state index in [2.05, 4.69) is 15.4 Å². The van der Waals surface area contributed by atoms with Crippen LogP contribution in [-0.4, -0.2) is 54.0 Å². The number of alkyl halides is 2. The molecule has 1 unspecified atom stereocenters. The van der Waals surface area contributed by atoms with Gasteiger partial charge in [-0.2, -0.15) is 8.78 Å². The Kier molecular flexibility index (Phi) is 9.26. The van der Waals surface area contributed by atoms with Crippen molar-refractivity contribution in [2.75, 3.05) is 22.6 Å². The maximum absolute atomic E-state index is 14.0. The van der Waals surface area contributed by atoms with Crippen molar-refractivity contribution in [3.63, 3.8) is 0 Å². The van der Waals surface area contributed by atoms with Gasteiger partial charge in [0.1, 0.15) is 11.6 Å². The van der Waals surface area contributed by atoms with E-state index < -0.39 is 41.8 Å². The van der Waals surface area contributed by atoms with E-state index in [1.807, 2.05) is 0 Å². The van der Waals surface area contributed by atoms with E-state index in [1.54, 1.807) is 19.1 Å². The first-order valence-corrected chi connectivity index (χ1v) is 13.3. The third-order valence-corrected chi connectivity index (χ3v) is 7.55. The molecule has 1 heterocycles. The van der Waals surface area contributed by atoms with E-state index in [0.29, 0.717) is 42.6 Å². The van der Waals surface area contributed by atoms with Crippen LogP contribution in [0.15, 0.2) is 30.3 Å². The number of nitrogens with zero attached hydrogens (tertiary/aromatic N) is 1. The van der Waals surface area contributed by atoms with Crippen LogP contribution in [0.25, 0.3) is 0 Å². The number of esters is 1. The van der Waals surface area contributed by atoms with Crippen LogP contribution in [0, 0.1) is 11.7 Å². The Balaban J connectivity index is 1.70. The van der Waals surface area contributed by atoms with Gasteiger partial charge in [0, 0.05) is 23.2 Å². The maximum atomic E-state index is 14.0. The highest BCUT2D eigenvalue weighted by molar-refractivity contribution is 6.01. The van der Waals surface area contributed by atoms with Crippen molar-refractivity contribution in [3.05, 3.63) is 47.3 Å². The van der Waals surface area contributed by atoms with Crippen LogP contribution in [0.1, 0.15) is 56.3 Å². The van der Waals surface area contributed by atoms with Crippen LogP contribution in [0.4, 0.5) is 35.0 Å². The lowest BCUT2D eigenvalue weighted by Gasteiger charge is -2.36. The summed E-state index contributed by atoms with van der Waals surface area (Å²) in [7, 11) is 1.33. The second-order valence-electron chi connectivity index (χ2n) is 10.2. The highest BCUT2D eigenvalue weighted by atomic mass is 19.3. The molecule has 4 atom stereocenters. The summed E-state index contributed by atoms with van der Waals surface area (Å²) in [5.41, 5.74) is 0.937. The summed E-state index contributed by atoms with van der Waals surface area (Å²) in [5.74, 6) is -3.14. The minimum absolute atomic E-state index is 0.182. The minimum atomic E-state index is -3.28. The number of carbonyl (C=O) groups excluding carboxylic acids is 2. The number of nitrogens with one attached hydrogen (secondary N) is 2. The maximum Gasteiger partial charge on any atom is 0.412 e. The summed E-state index contributed by atoms with van der Waals surface area (Å²) >= 11 is 0. The number of benzene rings is 2. The lowest BCUT2D eigenvalue weighted by molar-refractivity contribution is -0.146. The SMILES string of the molecule is COC(=O)[C@@H]1CCC[C@@H](Nc2ccc3c(c2NC(=O)C(O)c2cc(F)ccc2OC(F)F)CC[C@H](C)N3C(=O)O)C1. The third-order valence-electron chi connectivity index (χ3n) is 7.55. The fraction of sp³-hybridized carbons (Fsp3) is 0.464. The highest BCUT2D eigenvalue weighted by Crippen LogP contribution is 2.42. The minimum Gasteiger partial charge on any atom is -0.469 e. The summed E-state index contributed by atoms with van der Waals surface area (Å²) < 4.78 is 49.1. The molecule has 0 spiro atoms. The zero-order valence-electron chi connectivity index (χ0n) is 22.5. The van der Waals surface area contributed by atoms with Gasteiger partial charge in [0.2, 0.25) is 0 Å². The normalized spacial score (nSPS) is 21.0. The molecule has 1 saturated carbocycles. The Hall–Kier alpha value is -4.00. The standard InChI is InChI=1S/C28H32F3N3O7/c1-14-6-8-18-21(34(14)28(38)39)10-9-20(32-17-5-3-4-15(12-17)26(37)40-2)23(18)33-25(36)24(35)19-13-16(29)7-11-22(19)41-27(30)31/h7,9-11,13-15,17,24,27,32,35H,3-6,8,12H2,1-2H3,(H,33,36)(H,38,39)/t14-,15+,17+,24?/m0/s1. The van der Waals surface area contributed by atoms with Crippen molar-refractivity contribution in [1.29, 1.82) is 0 Å². The molecule has 0 aromatic heterocycles. The van der Waals surface area contributed by atoms with Gasteiger partial charge in [-0.15, -0.1) is 0 Å². The fourth-order valence-corrected chi connectivity index (χ4v) is 5.58. The molecule has 13 heteroatoms. The van der Waals surface area contributed by atoms with Gasteiger partial charge in [-0.05, 0) is 69.4 Å². The molecule has 2 aliphatic rings. The van der Waals surface area contributed by atoms with Gasteiger partial charge in [0.15, 0.2) is 6.10 Å². The highest BCUT2D eigenvalue weighted by Gasteiger charge is 2.34. The summed E-state index contributed by atoms with van der Waals surface area (Å²) in [5, 5.41) is 26.6. The number of carbonyl (C=O) groups is 3. The number of aliphatic hydroxyl groups is 1. The molecule has 1 fully saturated rings. The van der Waals surface area contributed by atoms with Crippen molar-refractivity contribution in [2.24, 2.45) is 5.92 Å². The Morgan fingerprint density at radius 2 is 1.88 bits per heavy atom. The molecule has 4 N–H and O–H groups in total. The molecule has 0 bridgehead atoms. The predicted octanol–water partition coefficient (Wildman–Crippen LogP) is 5.06. The van der Waals surface area contributed by atoms with Gasteiger partial charge < -0.3 is 30.3 Å². The van der Waals surface area contributed by atoms with Crippen LogP contribution in [0.2, 0.25) is 0 Å². The van der Waals surface area contributed by atoms with Gasteiger partial charge in [-0.3, -0.25) is 14.5 Å². The number of rotatable bonds is 8. The van der Waals surface area contributed by atoms with E-state index >= 15 is 0 Å². The summed E-state index contributed by atoms with van der Waals surface area (Å²) in [6.07, 6.45) is 0.158. The smallest absolute Gasteiger partial charge is 0.412 e. The van der Waals surface area contributed by atoms with E-state index in [4.69, 9.17) is 4.74 Å². The summed E-state index contributed by atoms with van der Waals surface area (Å²) in [6, 6.07) is 5.17. The largest absolute Gasteiger partial charge is 0.469 e. The van der Waals surface area contributed by atoms with Crippen LogP contribution in [0.3, 0.4) is 0 Å². The van der Waals surface area contributed by atoms with Crippen molar-refractivity contribution < 1.29 is 47.2 Å². The van der Waals surface area contributed by atoms with Crippen LogP contribution in [0.5, 0.6) is 5.75 Å². The Labute approximate surface area is 234 Å². The van der Waals surface area contributed by atoms with Crippen molar-refractivity contribution in [1.82, 2.24) is 0 Å². The molecule has 0 saturated heterocycles. The van der Waals surface area contributed by atoms with Gasteiger partial charge >= 0.3 is 18.7 Å². The van der Waals surface area contributed by atoms with E-state index in [1.165, 1.54) is 12.0 Å². The Bertz CT molecular complexity index is 1310. The average molecular weight is 580 g/mol. The van der Waals surface area contributed by atoms with Gasteiger partial charge in [0.05, 0.1) is 30.1 Å². The quantitative estimate of drug-likeness (QED) is 0.319. The van der Waals surface area contributed by atoms with Gasteiger partial charge in [-0.25, -0.2) is 9.18 Å². The molecular weight excluding hydrogens is 547 g/mol. The van der Waals surface area contributed by atoms with E-state index in [9.17, 15) is 37.8 Å². The summed E-state index contributed by atoms with van der Waals surface area (Å²) in [6.45, 7) is -1.52. The Morgan fingerprint density at radius 1 is 1.12 bits per heavy atom. The number of carboxylic acid groups (broad SMARTS) is 1. The molecular formula is C28H32F3N3O7. The molecule has 2 aromatic carbocycles. The molecule has 10 nitrogen and oxygen atoms in total. The first kappa shape index (κ1) is 30.0. The topological polar surface area (TPSA) is 137 Å². The molecule has 1 aliphatic heterocycles. The lowest BCUT2D eigenvalue weighted by atomic mass is 9.85. The number of aliphatic hydroxyl groups excluding tert-OH is 1. The molecule has 4 rings (SSSR count). The van der Waals surface area contributed by atoms with Crippen molar-refractivity contribution in [2.45, 2.75) is 70.2 Å². The number of hydrogen-bond acceptors (Lipinski definition) is 7. The molecule has 222 valence electrons. The number of anilines is 3. The lowest BCUT2D eigenvalue weighted by Crippen LogP contribution is -2.41. The first-order valence-electron chi connectivity index (χ1n) is 13.3. The fourth-order valence-electron chi connectivity index (χ4n) is 5.58. The summed E-state index contributed by atoms with van der Waals surface area (Å²) in [4.78, 5) is 38.7. The zero-order valence-corrected chi connectivity index (χ0v) is 22.5. The molecule has 2 amide bonds. The average Bonchev–Trinajstić information content (AvgIpc) is 2.93. The molecule has 2 aromatic rings. The number of fused-ring (bicyclic) bond motifs is 1. The van der Waals surface area contributed by atoms with Crippen LogP contribution < -0.4 is 20.3 Å².